The molecule has 0 unspecified atom stereocenters. The fourth-order valence-electron chi connectivity index (χ4n) is 0.884. The number of aromatic hydroxyl groups is 1. The van der Waals surface area contributed by atoms with Gasteiger partial charge in [0.25, 0.3) is 0 Å². The van der Waals surface area contributed by atoms with E-state index >= 15 is 0 Å². The predicted molar refractivity (Wildman–Crippen MR) is 44.2 cm³/mol. The van der Waals surface area contributed by atoms with Crippen LogP contribution in [0.2, 0.25) is 0 Å². The average molecular weight is 167 g/mol. The van der Waals surface area contributed by atoms with E-state index in [9.17, 15) is 4.79 Å². The number of aromatic carboxylic acids is 1. The van der Waals surface area contributed by atoms with Crippen molar-refractivity contribution in [3.05, 3.63) is 23.3 Å². The summed E-state index contributed by atoms with van der Waals surface area (Å²) in [5, 5.41) is 17.7. The molecule has 0 saturated carbocycles. The molecule has 4 nitrogen and oxygen atoms in total. The highest BCUT2D eigenvalue weighted by atomic mass is 16.4. The van der Waals surface area contributed by atoms with Gasteiger partial charge >= 0.3 is 5.97 Å². The number of anilines is 1. The molecule has 0 spiro atoms. The number of rotatable bonds is 1. The smallest absolute Gasteiger partial charge is 0.339 e. The SMILES string of the molecule is Cc1cc(C(=O)O)c(O)cc1N. The standard InChI is InChI=1S/C8H9NO3/c1-4-2-5(8(11)12)7(10)3-6(4)9/h2-3,10H,9H2,1H3,(H,11,12). The highest BCUT2D eigenvalue weighted by Crippen LogP contribution is 2.23. The van der Waals surface area contributed by atoms with Crippen molar-refractivity contribution in [3.63, 3.8) is 0 Å². The quantitative estimate of drug-likeness (QED) is 0.544. The molecule has 0 aliphatic carbocycles. The van der Waals surface area contributed by atoms with E-state index in [4.69, 9.17) is 15.9 Å². The average Bonchev–Trinajstić information content (AvgIpc) is 1.96. The number of carboxylic acid groups (broad SMARTS) is 1. The lowest BCUT2D eigenvalue weighted by Gasteiger charge is -2.03. The lowest BCUT2D eigenvalue weighted by atomic mass is 10.1. The van der Waals surface area contributed by atoms with Crippen molar-refractivity contribution in [1.29, 1.82) is 0 Å². The van der Waals surface area contributed by atoms with Crippen LogP contribution in [0.25, 0.3) is 0 Å². The highest BCUT2D eigenvalue weighted by Gasteiger charge is 2.10. The molecule has 0 aliphatic rings. The van der Waals surface area contributed by atoms with Gasteiger partial charge < -0.3 is 15.9 Å². The van der Waals surface area contributed by atoms with Gasteiger partial charge in [-0.3, -0.25) is 0 Å². The van der Waals surface area contributed by atoms with E-state index in [-0.39, 0.29) is 11.3 Å². The van der Waals surface area contributed by atoms with Crippen LogP contribution < -0.4 is 5.73 Å². The Bertz CT molecular complexity index is 333. The monoisotopic (exact) mass is 167 g/mol. The van der Waals surface area contributed by atoms with E-state index in [1.165, 1.54) is 12.1 Å². The summed E-state index contributed by atoms with van der Waals surface area (Å²) >= 11 is 0. The van der Waals surface area contributed by atoms with Gasteiger partial charge in [-0.05, 0) is 18.6 Å². The second-order valence-electron chi connectivity index (χ2n) is 2.53. The van der Waals surface area contributed by atoms with E-state index < -0.39 is 5.97 Å². The van der Waals surface area contributed by atoms with Gasteiger partial charge in [0.05, 0.1) is 0 Å². The first-order valence-electron chi connectivity index (χ1n) is 3.34. The summed E-state index contributed by atoms with van der Waals surface area (Å²) in [5.41, 5.74) is 6.34. The zero-order chi connectivity index (χ0) is 9.30. The molecule has 4 N–H and O–H groups in total. The molecule has 0 heterocycles. The number of carbonyl (C=O) groups is 1. The molecule has 0 bridgehead atoms. The molecule has 0 atom stereocenters. The van der Waals surface area contributed by atoms with Crippen molar-refractivity contribution in [2.24, 2.45) is 0 Å². The van der Waals surface area contributed by atoms with E-state index in [2.05, 4.69) is 0 Å². The summed E-state index contributed by atoms with van der Waals surface area (Å²) in [6.45, 7) is 1.68. The van der Waals surface area contributed by atoms with Gasteiger partial charge in [-0.2, -0.15) is 0 Å². The molecule has 1 aromatic rings. The van der Waals surface area contributed by atoms with Crippen LogP contribution in [0, 0.1) is 6.92 Å². The maximum atomic E-state index is 10.5. The number of benzene rings is 1. The topological polar surface area (TPSA) is 83.5 Å². The highest BCUT2D eigenvalue weighted by molar-refractivity contribution is 5.91. The summed E-state index contributed by atoms with van der Waals surface area (Å²) in [6.07, 6.45) is 0. The molecule has 0 aliphatic heterocycles. The van der Waals surface area contributed by atoms with Crippen LogP contribution in [0.5, 0.6) is 5.75 Å². The molecule has 12 heavy (non-hydrogen) atoms. The predicted octanol–water partition coefficient (Wildman–Crippen LogP) is 0.981. The lowest BCUT2D eigenvalue weighted by Crippen LogP contribution is -1.99. The lowest BCUT2D eigenvalue weighted by molar-refractivity contribution is 0.0693. The first kappa shape index (κ1) is 8.39. The normalized spacial score (nSPS) is 9.75. The van der Waals surface area contributed by atoms with Gasteiger partial charge in [0.15, 0.2) is 0 Å². The number of nitrogens with two attached hydrogens (primary N) is 1. The molecule has 1 rings (SSSR count). The van der Waals surface area contributed by atoms with Crippen LogP contribution >= 0.6 is 0 Å². The molecule has 0 fully saturated rings. The van der Waals surface area contributed by atoms with E-state index in [0.717, 1.165) is 0 Å². The fraction of sp³-hybridized carbons (Fsp3) is 0.125. The van der Waals surface area contributed by atoms with Gasteiger partial charge in [0.2, 0.25) is 0 Å². The number of phenols is 1. The molecule has 4 heteroatoms. The van der Waals surface area contributed by atoms with Crippen molar-refractivity contribution in [2.45, 2.75) is 6.92 Å². The van der Waals surface area contributed by atoms with Gasteiger partial charge in [-0.25, -0.2) is 4.79 Å². The number of carboxylic acids is 1. The zero-order valence-electron chi connectivity index (χ0n) is 6.53. The number of nitrogen functional groups attached to an aromatic ring is 1. The van der Waals surface area contributed by atoms with Crippen LogP contribution in [0.15, 0.2) is 12.1 Å². The Balaban J connectivity index is 3.33. The second-order valence-corrected chi connectivity index (χ2v) is 2.53. The van der Waals surface area contributed by atoms with E-state index in [1.807, 2.05) is 0 Å². The number of aryl methyl sites for hydroxylation is 1. The summed E-state index contributed by atoms with van der Waals surface area (Å²) in [7, 11) is 0. The number of hydrogen-bond acceptors (Lipinski definition) is 3. The summed E-state index contributed by atoms with van der Waals surface area (Å²) in [6, 6.07) is 2.58. The van der Waals surface area contributed by atoms with Crippen LogP contribution in [-0.4, -0.2) is 16.2 Å². The molecular formula is C8H9NO3. The summed E-state index contributed by atoms with van der Waals surface area (Å²) in [5.74, 6) is -1.46. The zero-order valence-corrected chi connectivity index (χ0v) is 6.53. The molecule has 0 amide bonds. The molecule has 0 saturated heterocycles. The Labute approximate surface area is 69.3 Å². The number of hydrogen-bond donors (Lipinski definition) is 3. The first-order valence-corrected chi connectivity index (χ1v) is 3.34. The Hall–Kier alpha value is -1.71. The van der Waals surface area contributed by atoms with Crippen molar-refractivity contribution in [3.8, 4) is 5.75 Å². The van der Waals surface area contributed by atoms with Gasteiger partial charge in [0, 0.05) is 11.8 Å². The van der Waals surface area contributed by atoms with Crippen LogP contribution in [0.1, 0.15) is 15.9 Å². The Morgan fingerprint density at radius 3 is 2.58 bits per heavy atom. The van der Waals surface area contributed by atoms with E-state index in [1.54, 1.807) is 6.92 Å². The largest absolute Gasteiger partial charge is 0.507 e. The van der Waals surface area contributed by atoms with Crippen LogP contribution in [-0.2, 0) is 0 Å². The molecule has 1 aromatic carbocycles. The van der Waals surface area contributed by atoms with Crippen molar-refractivity contribution >= 4 is 11.7 Å². The fourth-order valence-corrected chi connectivity index (χ4v) is 0.884. The van der Waals surface area contributed by atoms with Crippen molar-refractivity contribution in [2.75, 3.05) is 5.73 Å². The van der Waals surface area contributed by atoms with Crippen molar-refractivity contribution < 1.29 is 15.0 Å². The third-order valence-electron chi connectivity index (χ3n) is 1.61. The van der Waals surface area contributed by atoms with E-state index in [0.29, 0.717) is 11.3 Å². The molecule has 0 radical (unpaired) electrons. The first-order chi connectivity index (χ1) is 5.52. The molecule has 0 aromatic heterocycles. The minimum Gasteiger partial charge on any atom is -0.507 e. The van der Waals surface area contributed by atoms with Crippen LogP contribution in [0.4, 0.5) is 5.69 Å². The third-order valence-corrected chi connectivity index (χ3v) is 1.61. The maximum Gasteiger partial charge on any atom is 0.339 e. The van der Waals surface area contributed by atoms with Crippen molar-refractivity contribution in [1.82, 2.24) is 0 Å². The minimum atomic E-state index is -1.16. The third kappa shape index (κ3) is 1.32. The summed E-state index contributed by atoms with van der Waals surface area (Å²) < 4.78 is 0. The summed E-state index contributed by atoms with van der Waals surface area (Å²) in [4.78, 5) is 10.5. The van der Waals surface area contributed by atoms with Gasteiger partial charge in [-0.1, -0.05) is 0 Å². The molecule has 64 valence electrons. The Morgan fingerprint density at radius 1 is 1.50 bits per heavy atom. The van der Waals surface area contributed by atoms with Gasteiger partial charge in [-0.15, -0.1) is 0 Å². The Morgan fingerprint density at radius 2 is 2.08 bits per heavy atom. The Kier molecular flexibility index (Phi) is 1.91. The molecular weight excluding hydrogens is 158 g/mol. The second kappa shape index (κ2) is 2.73. The van der Waals surface area contributed by atoms with Crippen LogP contribution in [0.3, 0.4) is 0 Å². The minimum absolute atomic E-state index is 0.123. The maximum absolute atomic E-state index is 10.5. The van der Waals surface area contributed by atoms with Gasteiger partial charge in [0.1, 0.15) is 11.3 Å².